The molecule has 106 valence electrons. The average molecular weight is 279 g/mol. The van der Waals surface area contributed by atoms with E-state index in [2.05, 4.69) is 15.3 Å². The van der Waals surface area contributed by atoms with Crippen LogP contribution in [0, 0.1) is 18.6 Å². The number of rotatable bonds is 5. The van der Waals surface area contributed by atoms with Gasteiger partial charge in [-0.05, 0) is 25.0 Å². The van der Waals surface area contributed by atoms with Crippen molar-refractivity contribution in [3.05, 3.63) is 41.6 Å². The third-order valence-electron chi connectivity index (χ3n) is 2.61. The summed E-state index contributed by atoms with van der Waals surface area (Å²) in [5.74, 6) is -1.40. The highest BCUT2D eigenvalue weighted by Gasteiger charge is 2.13. The fourth-order valence-corrected chi connectivity index (χ4v) is 1.55. The van der Waals surface area contributed by atoms with Crippen molar-refractivity contribution in [3.63, 3.8) is 0 Å². The molecule has 2 aromatic rings. The van der Waals surface area contributed by atoms with Crippen LogP contribution in [-0.2, 0) is 0 Å². The van der Waals surface area contributed by atoms with Crippen LogP contribution in [0.15, 0.2) is 24.4 Å². The summed E-state index contributed by atoms with van der Waals surface area (Å²) >= 11 is 0. The summed E-state index contributed by atoms with van der Waals surface area (Å²) in [7, 11) is 0. The topological polar surface area (TPSA) is 47.0 Å². The Hall–Kier alpha value is -2.24. The lowest BCUT2D eigenvalue weighted by atomic mass is 10.2. The van der Waals surface area contributed by atoms with Crippen LogP contribution in [0.4, 0.5) is 14.7 Å². The summed E-state index contributed by atoms with van der Waals surface area (Å²) in [6, 6.07) is 4.65. The molecule has 20 heavy (non-hydrogen) atoms. The monoisotopic (exact) mass is 279 g/mol. The van der Waals surface area contributed by atoms with Gasteiger partial charge in [0.2, 0.25) is 11.8 Å². The minimum absolute atomic E-state index is 0.0657. The molecule has 0 aliphatic rings. The molecule has 1 heterocycles. The summed E-state index contributed by atoms with van der Waals surface area (Å²) in [6.45, 7) is 4.24. The van der Waals surface area contributed by atoms with Gasteiger partial charge in [-0.15, -0.1) is 0 Å². The molecule has 1 aromatic carbocycles. The minimum atomic E-state index is -0.743. The molecule has 0 unspecified atom stereocenters. The molecule has 6 heteroatoms. The van der Waals surface area contributed by atoms with Crippen LogP contribution in [0.1, 0.15) is 18.9 Å². The maximum Gasteiger partial charge on any atom is 0.260 e. The van der Waals surface area contributed by atoms with Gasteiger partial charge in [0.05, 0.1) is 6.20 Å². The van der Waals surface area contributed by atoms with Gasteiger partial charge in [-0.25, -0.2) is 9.37 Å². The van der Waals surface area contributed by atoms with Gasteiger partial charge in [0.1, 0.15) is 0 Å². The lowest BCUT2D eigenvalue weighted by Crippen LogP contribution is -2.06. The van der Waals surface area contributed by atoms with E-state index in [0.717, 1.165) is 12.6 Å². The van der Waals surface area contributed by atoms with Crippen molar-refractivity contribution in [1.29, 1.82) is 0 Å². The number of aryl methyl sites for hydroxylation is 1. The number of nitrogens with one attached hydrogen (secondary N) is 1. The fourth-order valence-electron chi connectivity index (χ4n) is 1.55. The first-order valence-electron chi connectivity index (χ1n) is 6.31. The third kappa shape index (κ3) is 3.20. The van der Waals surface area contributed by atoms with Crippen molar-refractivity contribution in [1.82, 2.24) is 9.97 Å². The summed E-state index contributed by atoms with van der Waals surface area (Å²) in [6.07, 6.45) is 1.87. The Morgan fingerprint density at radius 1 is 1.30 bits per heavy atom. The van der Waals surface area contributed by atoms with Crippen LogP contribution < -0.4 is 10.1 Å². The van der Waals surface area contributed by atoms with E-state index in [0.29, 0.717) is 12.1 Å². The van der Waals surface area contributed by atoms with Crippen molar-refractivity contribution in [3.8, 4) is 11.6 Å². The molecular formula is C14H15F2N3O. The Morgan fingerprint density at radius 3 is 2.85 bits per heavy atom. The van der Waals surface area contributed by atoms with E-state index < -0.39 is 11.6 Å². The fraction of sp³-hybridized carbons (Fsp3) is 0.286. The molecule has 0 aliphatic carbocycles. The molecule has 1 aromatic heterocycles. The number of hydrogen-bond donors (Lipinski definition) is 1. The molecule has 0 bridgehead atoms. The van der Waals surface area contributed by atoms with E-state index in [4.69, 9.17) is 4.74 Å². The van der Waals surface area contributed by atoms with E-state index >= 15 is 0 Å². The Balaban J connectivity index is 2.26. The maximum atomic E-state index is 13.8. The smallest absolute Gasteiger partial charge is 0.260 e. The molecule has 0 fully saturated rings. The highest BCUT2D eigenvalue weighted by molar-refractivity contribution is 5.35. The second-order valence-corrected chi connectivity index (χ2v) is 4.26. The zero-order valence-corrected chi connectivity index (χ0v) is 11.3. The molecule has 0 amide bonds. The van der Waals surface area contributed by atoms with Crippen LogP contribution in [0.3, 0.4) is 0 Å². The van der Waals surface area contributed by atoms with E-state index in [-0.39, 0.29) is 17.6 Å². The number of anilines is 1. The zero-order chi connectivity index (χ0) is 14.5. The maximum absolute atomic E-state index is 13.8. The van der Waals surface area contributed by atoms with Crippen LogP contribution >= 0.6 is 0 Å². The molecule has 0 spiro atoms. The average Bonchev–Trinajstić information content (AvgIpc) is 2.44. The lowest BCUT2D eigenvalue weighted by molar-refractivity contribution is 0.395. The first kappa shape index (κ1) is 14.2. The van der Waals surface area contributed by atoms with Crippen LogP contribution in [0.2, 0.25) is 0 Å². The molecular weight excluding hydrogens is 264 g/mol. The van der Waals surface area contributed by atoms with Crippen molar-refractivity contribution in [2.75, 3.05) is 11.9 Å². The summed E-state index contributed by atoms with van der Waals surface area (Å²) in [4.78, 5) is 7.68. The zero-order valence-electron chi connectivity index (χ0n) is 11.3. The third-order valence-corrected chi connectivity index (χ3v) is 2.61. The Morgan fingerprint density at radius 2 is 2.10 bits per heavy atom. The first-order valence-corrected chi connectivity index (χ1v) is 6.31. The van der Waals surface area contributed by atoms with Crippen molar-refractivity contribution in [2.24, 2.45) is 0 Å². The first-order chi connectivity index (χ1) is 9.61. The molecule has 0 atom stereocenters. The number of ether oxygens (including phenoxy) is 1. The second-order valence-electron chi connectivity index (χ2n) is 4.26. The van der Waals surface area contributed by atoms with E-state index in [1.165, 1.54) is 6.07 Å². The summed E-state index contributed by atoms with van der Waals surface area (Å²) < 4.78 is 32.6. The normalized spacial score (nSPS) is 10.4. The van der Waals surface area contributed by atoms with Gasteiger partial charge in [-0.1, -0.05) is 19.1 Å². The number of benzene rings is 1. The summed E-state index contributed by atoms with van der Waals surface area (Å²) in [5.41, 5.74) is 0.418. The predicted octanol–water partition coefficient (Wildman–Crippen LogP) is 3.68. The standard InChI is InChI=1S/C14H15F2N3O/c1-3-7-17-14-18-8-10(15)13(19-14)20-11-6-4-5-9(2)12(11)16/h4-6,8H,3,7H2,1-2H3,(H,17,18,19). The van der Waals surface area contributed by atoms with Crippen LogP contribution in [0.25, 0.3) is 0 Å². The number of nitrogens with zero attached hydrogens (tertiary/aromatic N) is 2. The van der Waals surface area contributed by atoms with Gasteiger partial charge in [0, 0.05) is 6.54 Å². The second kappa shape index (κ2) is 6.27. The largest absolute Gasteiger partial charge is 0.433 e. The molecule has 2 rings (SSSR count). The van der Waals surface area contributed by atoms with Gasteiger partial charge in [0.15, 0.2) is 11.6 Å². The summed E-state index contributed by atoms with van der Waals surface area (Å²) in [5, 5.41) is 2.91. The molecule has 4 nitrogen and oxygen atoms in total. The van der Waals surface area contributed by atoms with Gasteiger partial charge in [-0.3, -0.25) is 0 Å². The SMILES string of the molecule is CCCNc1ncc(F)c(Oc2cccc(C)c2F)n1. The van der Waals surface area contributed by atoms with Crippen LogP contribution in [-0.4, -0.2) is 16.5 Å². The molecule has 0 radical (unpaired) electrons. The number of hydrogen-bond acceptors (Lipinski definition) is 4. The highest BCUT2D eigenvalue weighted by Crippen LogP contribution is 2.26. The van der Waals surface area contributed by atoms with E-state index in [1.54, 1.807) is 19.1 Å². The quantitative estimate of drug-likeness (QED) is 0.907. The van der Waals surface area contributed by atoms with Crippen molar-refractivity contribution in [2.45, 2.75) is 20.3 Å². The Bertz CT molecular complexity index is 605. The van der Waals surface area contributed by atoms with Gasteiger partial charge in [0.25, 0.3) is 5.88 Å². The predicted molar refractivity (Wildman–Crippen MR) is 72.0 cm³/mol. The number of aromatic nitrogens is 2. The molecule has 0 saturated carbocycles. The minimum Gasteiger partial charge on any atom is -0.433 e. The molecule has 0 saturated heterocycles. The van der Waals surface area contributed by atoms with Crippen LogP contribution in [0.5, 0.6) is 11.6 Å². The highest BCUT2D eigenvalue weighted by atomic mass is 19.1. The van der Waals surface area contributed by atoms with Gasteiger partial charge >= 0.3 is 0 Å². The van der Waals surface area contributed by atoms with Gasteiger partial charge in [-0.2, -0.15) is 9.37 Å². The van der Waals surface area contributed by atoms with Crippen molar-refractivity contribution >= 4 is 5.95 Å². The number of halogens is 2. The van der Waals surface area contributed by atoms with E-state index in [9.17, 15) is 8.78 Å². The molecule has 1 N–H and O–H groups in total. The lowest BCUT2D eigenvalue weighted by Gasteiger charge is -2.09. The molecule has 0 aliphatic heterocycles. The van der Waals surface area contributed by atoms with E-state index in [1.807, 2.05) is 6.92 Å². The van der Waals surface area contributed by atoms with Crippen molar-refractivity contribution < 1.29 is 13.5 Å². The Kier molecular flexibility index (Phi) is 4.45. The Labute approximate surface area is 115 Å². The van der Waals surface area contributed by atoms with Gasteiger partial charge < -0.3 is 10.1 Å².